The quantitative estimate of drug-likeness (QED) is 0.595. The molecule has 1 aliphatic carbocycles. The van der Waals surface area contributed by atoms with Gasteiger partial charge in [0.15, 0.2) is 0 Å². The van der Waals surface area contributed by atoms with E-state index in [4.69, 9.17) is 0 Å². The molecular weight excluding hydrogens is 358 g/mol. The highest BCUT2D eigenvalue weighted by atomic mass is 16.2. The second kappa shape index (κ2) is 6.82. The Morgan fingerprint density at radius 1 is 1.25 bits per heavy atom. The fraction of sp³-hybridized carbons (Fsp3) is 0.579. The lowest BCUT2D eigenvalue weighted by atomic mass is 9.80. The number of piperazine rings is 1. The van der Waals surface area contributed by atoms with Crippen LogP contribution in [0.1, 0.15) is 42.6 Å². The molecule has 1 saturated heterocycles. The van der Waals surface area contributed by atoms with E-state index in [0.29, 0.717) is 18.8 Å². The van der Waals surface area contributed by atoms with Gasteiger partial charge in [0.1, 0.15) is 11.3 Å². The Morgan fingerprint density at radius 2 is 2.11 bits per heavy atom. The minimum Gasteiger partial charge on any atom is -0.348 e. The fourth-order valence-electron chi connectivity index (χ4n) is 4.76. The van der Waals surface area contributed by atoms with E-state index in [9.17, 15) is 9.59 Å². The maximum atomic E-state index is 12.5. The summed E-state index contributed by atoms with van der Waals surface area (Å²) in [6.45, 7) is 2.82. The molecule has 28 heavy (non-hydrogen) atoms. The molecule has 0 aromatic carbocycles. The summed E-state index contributed by atoms with van der Waals surface area (Å²) in [6, 6.07) is 1.56. The summed E-state index contributed by atoms with van der Waals surface area (Å²) in [6.07, 6.45) is 7.25. The van der Waals surface area contributed by atoms with E-state index in [0.717, 1.165) is 49.8 Å². The lowest BCUT2D eigenvalue weighted by molar-refractivity contribution is -0.118. The number of hydrogen-bond acceptors (Lipinski definition) is 6. The van der Waals surface area contributed by atoms with Crippen LogP contribution >= 0.6 is 0 Å². The van der Waals surface area contributed by atoms with Gasteiger partial charge < -0.3 is 20.5 Å². The summed E-state index contributed by atoms with van der Waals surface area (Å²) in [4.78, 5) is 34.0. The number of nitrogens with zero attached hydrogens (tertiary/aromatic N) is 3. The third-order valence-corrected chi connectivity index (χ3v) is 6.20. The number of carbonyl (C=O) groups is 2. The number of hydrogen-bond donors (Lipinski definition) is 4. The first-order valence-electron chi connectivity index (χ1n) is 10.1. The van der Waals surface area contributed by atoms with Crippen molar-refractivity contribution in [1.82, 2.24) is 30.5 Å². The molecule has 1 spiro atoms. The zero-order valence-corrected chi connectivity index (χ0v) is 15.8. The molecule has 148 valence electrons. The second-order valence-corrected chi connectivity index (χ2v) is 8.01. The van der Waals surface area contributed by atoms with Gasteiger partial charge in [0.25, 0.3) is 5.91 Å². The average molecular weight is 383 g/mol. The van der Waals surface area contributed by atoms with Crippen molar-refractivity contribution in [2.75, 3.05) is 31.5 Å². The van der Waals surface area contributed by atoms with Crippen LogP contribution in [0.5, 0.6) is 0 Å². The predicted octanol–water partition coefficient (Wildman–Crippen LogP) is 0.334. The first kappa shape index (κ1) is 17.6. The second-order valence-electron chi connectivity index (χ2n) is 8.01. The first-order chi connectivity index (χ1) is 13.7. The van der Waals surface area contributed by atoms with Crippen molar-refractivity contribution >= 4 is 28.8 Å². The molecule has 4 N–H and O–H groups in total. The van der Waals surface area contributed by atoms with E-state index in [2.05, 4.69) is 35.8 Å². The summed E-state index contributed by atoms with van der Waals surface area (Å²) in [5.74, 6) is 0.0575. The van der Waals surface area contributed by atoms with E-state index in [-0.39, 0.29) is 29.3 Å². The Labute approximate surface area is 162 Å². The number of nitrogens with one attached hydrogen (secondary N) is 4. The lowest BCUT2D eigenvalue weighted by Gasteiger charge is -2.42. The van der Waals surface area contributed by atoms with E-state index >= 15 is 0 Å². The van der Waals surface area contributed by atoms with Gasteiger partial charge in [0.05, 0.1) is 11.6 Å². The van der Waals surface area contributed by atoms with Crippen LogP contribution in [0.15, 0.2) is 12.3 Å². The highest BCUT2D eigenvalue weighted by Crippen LogP contribution is 2.40. The Bertz CT molecular complexity index is 926. The molecule has 5 rings (SSSR count). The maximum absolute atomic E-state index is 12.5. The molecule has 2 amide bonds. The molecule has 2 aromatic rings. The molecule has 2 aromatic heterocycles. The Hall–Kier alpha value is -2.52. The normalized spacial score (nSPS) is 24.0. The van der Waals surface area contributed by atoms with E-state index in [1.165, 1.54) is 6.42 Å². The van der Waals surface area contributed by atoms with Crippen molar-refractivity contribution in [3.05, 3.63) is 18.0 Å². The maximum Gasteiger partial charge on any atom is 0.268 e. The van der Waals surface area contributed by atoms with Crippen molar-refractivity contribution < 1.29 is 9.59 Å². The third kappa shape index (κ3) is 2.85. The third-order valence-electron chi connectivity index (χ3n) is 6.20. The zero-order valence-electron chi connectivity index (χ0n) is 15.8. The number of amides is 2. The van der Waals surface area contributed by atoms with E-state index in [1.54, 1.807) is 6.20 Å². The van der Waals surface area contributed by atoms with Gasteiger partial charge in [-0.1, -0.05) is 19.3 Å². The zero-order chi connectivity index (χ0) is 19.1. The first-order valence-corrected chi connectivity index (χ1v) is 10.1. The van der Waals surface area contributed by atoms with E-state index < -0.39 is 0 Å². The minimum atomic E-state index is -0.301. The van der Waals surface area contributed by atoms with Crippen LogP contribution in [0, 0.1) is 0 Å². The summed E-state index contributed by atoms with van der Waals surface area (Å²) < 4.78 is 2.11. The van der Waals surface area contributed by atoms with Gasteiger partial charge in [-0.2, -0.15) is 4.98 Å². The minimum absolute atomic E-state index is 0.0720. The van der Waals surface area contributed by atoms with Crippen LogP contribution in [0.25, 0.3) is 11.0 Å². The van der Waals surface area contributed by atoms with Crippen molar-refractivity contribution in [3.63, 3.8) is 0 Å². The molecular formula is C19H25N7O2. The lowest BCUT2D eigenvalue weighted by Crippen LogP contribution is -2.54. The number of anilines is 1. The summed E-state index contributed by atoms with van der Waals surface area (Å²) >= 11 is 0. The van der Waals surface area contributed by atoms with Crippen LogP contribution in [0.3, 0.4) is 0 Å². The van der Waals surface area contributed by atoms with Crippen molar-refractivity contribution in [2.45, 2.75) is 43.7 Å². The number of aromatic nitrogens is 3. The molecule has 1 atom stereocenters. The highest BCUT2D eigenvalue weighted by molar-refractivity contribution is 5.99. The molecule has 2 aliphatic heterocycles. The van der Waals surface area contributed by atoms with Crippen LogP contribution in [0.4, 0.5) is 5.95 Å². The van der Waals surface area contributed by atoms with Gasteiger partial charge in [-0.25, -0.2) is 4.98 Å². The molecule has 3 aliphatic rings. The van der Waals surface area contributed by atoms with Crippen molar-refractivity contribution in [2.24, 2.45) is 0 Å². The number of fused-ring (bicyclic) bond motifs is 4. The molecule has 9 heteroatoms. The van der Waals surface area contributed by atoms with Crippen molar-refractivity contribution in [1.29, 1.82) is 0 Å². The SMILES string of the molecule is O=C1NCC2(CCCCC2)n2c1cc1cnc(NC(=O)[C@H]3CNCCN3)nc12. The molecule has 0 bridgehead atoms. The van der Waals surface area contributed by atoms with Crippen LogP contribution in [-0.4, -0.2) is 58.6 Å². The Balaban J connectivity index is 1.52. The standard InChI is InChI=1S/C19H25N7O2/c27-16(13-10-20-6-7-21-13)25-18-22-9-12-8-14-17(28)23-11-19(4-2-1-3-5-19)26(14)15(12)24-18/h8-9,13,20-21H,1-7,10-11H2,(H,23,28)(H,22,24,25,27)/t13-/m1/s1. The monoisotopic (exact) mass is 383 g/mol. The summed E-state index contributed by atoms with van der Waals surface area (Å²) in [5.41, 5.74) is 1.24. The Kier molecular flexibility index (Phi) is 4.28. The van der Waals surface area contributed by atoms with Gasteiger partial charge in [-0.15, -0.1) is 0 Å². The smallest absolute Gasteiger partial charge is 0.268 e. The molecule has 4 heterocycles. The van der Waals surface area contributed by atoms with E-state index in [1.807, 2.05) is 6.07 Å². The highest BCUT2D eigenvalue weighted by Gasteiger charge is 2.41. The summed E-state index contributed by atoms with van der Waals surface area (Å²) in [7, 11) is 0. The molecule has 9 nitrogen and oxygen atoms in total. The number of carbonyl (C=O) groups excluding carboxylic acids is 2. The summed E-state index contributed by atoms with van der Waals surface area (Å²) in [5, 5.41) is 13.1. The van der Waals surface area contributed by atoms with Gasteiger partial charge in [-0.05, 0) is 18.9 Å². The van der Waals surface area contributed by atoms with Gasteiger partial charge >= 0.3 is 0 Å². The Morgan fingerprint density at radius 3 is 2.89 bits per heavy atom. The molecule has 1 saturated carbocycles. The largest absolute Gasteiger partial charge is 0.348 e. The fourth-order valence-corrected chi connectivity index (χ4v) is 4.76. The van der Waals surface area contributed by atoms with Crippen molar-refractivity contribution in [3.8, 4) is 0 Å². The predicted molar refractivity (Wildman–Crippen MR) is 104 cm³/mol. The topological polar surface area (TPSA) is 113 Å². The molecule has 0 radical (unpaired) electrons. The van der Waals surface area contributed by atoms with Gasteiger partial charge in [0.2, 0.25) is 11.9 Å². The van der Waals surface area contributed by atoms with Gasteiger partial charge in [-0.3, -0.25) is 14.9 Å². The van der Waals surface area contributed by atoms with Gasteiger partial charge in [0, 0.05) is 37.8 Å². The molecule has 2 fully saturated rings. The number of rotatable bonds is 2. The molecule has 0 unspecified atom stereocenters. The van der Waals surface area contributed by atoms with Crippen LogP contribution in [-0.2, 0) is 10.3 Å². The van der Waals surface area contributed by atoms with Crippen LogP contribution in [0.2, 0.25) is 0 Å². The average Bonchev–Trinajstić information content (AvgIpc) is 3.13. The van der Waals surface area contributed by atoms with Crippen LogP contribution < -0.4 is 21.3 Å².